The third kappa shape index (κ3) is 2.98. The molecule has 22 heavy (non-hydrogen) atoms. The van der Waals surface area contributed by atoms with Gasteiger partial charge >= 0.3 is 5.97 Å². The van der Waals surface area contributed by atoms with E-state index in [1.54, 1.807) is 19.2 Å². The van der Waals surface area contributed by atoms with Crippen molar-refractivity contribution in [2.75, 3.05) is 44.7 Å². The number of guanidine groups is 1. The first-order chi connectivity index (χ1) is 10.7. The SMILES string of the molecule is CCOC(=O)c1ccc(N2CC(NC3=NCCN3C)C2)nc1. The second kappa shape index (κ2) is 6.21. The number of aliphatic imine (C=N–C) groups is 1. The molecule has 3 rings (SSSR count). The smallest absolute Gasteiger partial charge is 0.339 e. The number of hydrogen-bond acceptors (Lipinski definition) is 7. The van der Waals surface area contributed by atoms with Crippen LogP contribution in [0.5, 0.6) is 0 Å². The Labute approximate surface area is 130 Å². The van der Waals surface area contributed by atoms with Gasteiger partial charge in [0.1, 0.15) is 5.82 Å². The molecule has 7 heteroatoms. The largest absolute Gasteiger partial charge is 0.462 e. The summed E-state index contributed by atoms with van der Waals surface area (Å²) in [4.78, 5) is 24.7. The Balaban J connectivity index is 1.51. The lowest BCUT2D eigenvalue weighted by Crippen LogP contribution is -2.61. The summed E-state index contributed by atoms with van der Waals surface area (Å²) in [6, 6.07) is 4.02. The van der Waals surface area contributed by atoms with Crippen LogP contribution in [0, 0.1) is 0 Å². The van der Waals surface area contributed by atoms with Crippen LogP contribution in [0.1, 0.15) is 17.3 Å². The van der Waals surface area contributed by atoms with Gasteiger partial charge in [-0.1, -0.05) is 0 Å². The molecule has 3 heterocycles. The van der Waals surface area contributed by atoms with Gasteiger partial charge in [0, 0.05) is 32.9 Å². The van der Waals surface area contributed by atoms with E-state index in [0.29, 0.717) is 18.2 Å². The summed E-state index contributed by atoms with van der Waals surface area (Å²) in [5.74, 6) is 1.54. The summed E-state index contributed by atoms with van der Waals surface area (Å²) >= 11 is 0. The molecule has 0 saturated carbocycles. The highest BCUT2D eigenvalue weighted by atomic mass is 16.5. The summed E-state index contributed by atoms with van der Waals surface area (Å²) in [5.41, 5.74) is 0.489. The first-order valence-electron chi connectivity index (χ1n) is 7.57. The molecule has 118 valence electrons. The molecule has 2 aliphatic rings. The van der Waals surface area contributed by atoms with Gasteiger partial charge in [-0.15, -0.1) is 0 Å². The minimum Gasteiger partial charge on any atom is -0.462 e. The standard InChI is InChI=1S/C15H21N5O2/c1-3-22-14(21)11-4-5-13(17-8-11)20-9-12(10-20)18-15-16-6-7-19(15)2/h4-5,8,12H,3,6-7,9-10H2,1-2H3,(H,16,18). The van der Waals surface area contributed by atoms with Crippen molar-refractivity contribution >= 4 is 17.7 Å². The highest BCUT2D eigenvalue weighted by Gasteiger charge is 2.29. The van der Waals surface area contributed by atoms with Gasteiger partial charge in [-0.05, 0) is 19.1 Å². The van der Waals surface area contributed by atoms with Gasteiger partial charge in [0.25, 0.3) is 0 Å². The quantitative estimate of drug-likeness (QED) is 0.809. The molecular weight excluding hydrogens is 282 g/mol. The van der Waals surface area contributed by atoms with Crippen molar-refractivity contribution in [1.29, 1.82) is 0 Å². The summed E-state index contributed by atoms with van der Waals surface area (Å²) in [6.07, 6.45) is 1.57. The molecule has 1 saturated heterocycles. The summed E-state index contributed by atoms with van der Waals surface area (Å²) in [6.45, 7) is 5.79. The second-order valence-electron chi connectivity index (χ2n) is 5.50. The maximum Gasteiger partial charge on any atom is 0.339 e. The highest BCUT2D eigenvalue weighted by molar-refractivity contribution is 5.89. The van der Waals surface area contributed by atoms with E-state index in [1.807, 2.05) is 13.1 Å². The van der Waals surface area contributed by atoms with Gasteiger partial charge in [-0.25, -0.2) is 9.78 Å². The minimum absolute atomic E-state index is 0.327. The van der Waals surface area contributed by atoms with E-state index < -0.39 is 0 Å². The van der Waals surface area contributed by atoms with E-state index in [4.69, 9.17) is 4.74 Å². The summed E-state index contributed by atoms with van der Waals surface area (Å²) in [7, 11) is 2.05. The average molecular weight is 303 g/mol. The van der Waals surface area contributed by atoms with E-state index in [-0.39, 0.29) is 5.97 Å². The molecule has 0 unspecified atom stereocenters. The molecule has 2 aliphatic heterocycles. The van der Waals surface area contributed by atoms with Gasteiger partial charge in [-0.2, -0.15) is 0 Å². The van der Waals surface area contributed by atoms with Crippen molar-refractivity contribution in [2.24, 2.45) is 4.99 Å². The monoisotopic (exact) mass is 303 g/mol. The van der Waals surface area contributed by atoms with Crippen LogP contribution in [0.3, 0.4) is 0 Å². The number of anilines is 1. The zero-order chi connectivity index (χ0) is 15.5. The van der Waals surface area contributed by atoms with Crippen LogP contribution in [0.2, 0.25) is 0 Å². The molecule has 7 nitrogen and oxygen atoms in total. The Hall–Kier alpha value is -2.31. The van der Waals surface area contributed by atoms with E-state index in [2.05, 4.69) is 25.1 Å². The fourth-order valence-corrected chi connectivity index (χ4v) is 2.54. The zero-order valence-corrected chi connectivity index (χ0v) is 13.0. The number of ether oxygens (including phenoxy) is 1. The molecule has 1 aromatic heterocycles. The highest BCUT2D eigenvalue weighted by Crippen LogP contribution is 2.19. The Kier molecular flexibility index (Phi) is 4.13. The third-order valence-electron chi connectivity index (χ3n) is 3.86. The molecule has 1 N–H and O–H groups in total. The molecule has 0 aliphatic carbocycles. The van der Waals surface area contributed by atoms with Crippen molar-refractivity contribution in [1.82, 2.24) is 15.2 Å². The lowest BCUT2D eigenvalue weighted by molar-refractivity contribution is 0.0526. The number of carbonyl (C=O) groups excluding carboxylic acids is 1. The van der Waals surface area contributed by atoms with Crippen LogP contribution in [-0.2, 0) is 4.74 Å². The molecule has 0 atom stereocenters. The van der Waals surface area contributed by atoms with Crippen LogP contribution in [0.15, 0.2) is 23.3 Å². The van der Waals surface area contributed by atoms with E-state index in [1.165, 1.54) is 0 Å². The average Bonchev–Trinajstić information content (AvgIpc) is 2.88. The van der Waals surface area contributed by atoms with Crippen LogP contribution in [-0.4, -0.2) is 67.7 Å². The number of nitrogens with zero attached hydrogens (tertiary/aromatic N) is 4. The zero-order valence-electron chi connectivity index (χ0n) is 13.0. The van der Waals surface area contributed by atoms with Crippen LogP contribution >= 0.6 is 0 Å². The lowest BCUT2D eigenvalue weighted by Gasteiger charge is -2.41. The first kappa shape index (κ1) is 14.6. The molecular formula is C15H21N5O2. The topological polar surface area (TPSA) is 70.1 Å². The molecule has 1 fully saturated rings. The number of hydrogen-bond donors (Lipinski definition) is 1. The molecule has 0 radical (unpaired) electrons. The number of aromatic nitrogens is 1. The predicted molar refractivity (Wildman–Crippen MR) is 84.3 cm³/mol. The third-order valence-corrected chi connectivity index (χ3v) is 3.86. The predicted octanol–water partition coefficient (Wildman–Crippen LogP) is 0.338. The summed E-state index contributed by atoms with van der Waals surface area (Å²) in [5, 5.41) is 3.44. The van der Waals surface area contributed by atoms with Crippen molar-refractivity contribution in [2.45, 2.75) is 13.0 Å². The van der Waals surface area contributed by atoms with Crippen molar-refractivity contribution in [3.8, 4) is 0 Å². The lowest BCUT2D eigenvalue weighted by atomic mass is 10.1. The van der Waals surface area contributed by atoms with Gasteiger partial charge < -0.3 is 19.9 Å². The molecule has 0 aromatic carbocycles. The first-order valence-corrected chi connectivity index (χ1v) is 7.57. The Bertz CT molecular complexity index is 566. The normalized spacial score (nSPS) is 18.0. The fraction of sp³-hybridized carbons (Fsp3) is 0.533. The number of esters is 1. The van der Waals surface area contributed by atoms with Gasteiger partial charge in [0.15, 0.2) is 5.96 Å². The van der Waals surface area contributed by atoms with E-state index >= 15 is 0 Å². The van der Waals surface area contributed by atoms with Gasteiger partial charge in [0.2, 0.25) is 0 Å². The number of carbonyl (C=O) groups is 1. The maximum atomic E-state index is 11.6. The van der Waals surface area contributed by atoms with Crippen LogP contribution in [0.25, 0.3) is 0 Å². The Morgan fingerprint density at radius 1 is 1.45 bits per heavy atom. The summed E-state index contributed by atoms with van der Waals surface area (Å²) < 4.78 is 4.95. The molecule has 0 bridgehead atoms. The van der Waals surface area contributed by atoms with Gasteiger partial charge in [-0.3, -0.25) is 4.99 Å². The Morgan fingerprint density at radius 3 is 2.86 bits per heavy atom. The number of nitrogens with one attached hydrogen (secondary N) is 1. The van der Waals surface area contributed by atoms with Crippen LogP contribution < -0.4 is 10.2 Å². The number of rotatable bonds is 4. The maximum absolute atomic E-state index is 11.6. The van der Waals surface area contributed by atoms with Gasteiger partial charge in [0.05, 0.1) is 24.8 Å². The fourth-order valence-electron chi connectivity index (χ4n) is 2.54. The Morgan fingerprint density at radius 2 is 2.27 bits per heavy atom. The molecule has 0 spiro atoms. The minimum atomic E-state index is -0.327. The van der Waals surface area contributed by atoms with Crippen molar-refractivity contribution in [3.05, 3.63) is 23.9 Å². The van der Waals surface area contributed by atoms with E-state index in [0.717, 1.165) is 38.0 Å². The number of likely N-dealkylation sites (N-methyl/N-ethyl adjacent to an activating group) is 1. The number of pyridine rings is 1. The van der Waals surface area contributed by atoms with Crippen LogP contribution in [0.4, 0.5) is 5.82 Å². The van der Waals surface area contributed by atoms with E-state index in [9.17, 15) is 4.79 Å². The van der Waals surface area contributed by atoms with Crippen molar-refractivity contribution < 1.29 is 9.53 Å². The van der Waals surface area contributed by atoms with Crippen molar-refractivity contribution in [3.63, 3.8) is 0 Å². The molecule has 0 amide bonds. The molecule has 1 aromatic rings. The second-order valence-corrected chi connectivity index (χ2v) is 5.50.